The minimum absolute atomic E-state index is 0.0891. The summed E-state index contributed by atoms with van der Waals surface area (Å²) >= 11 is 0. The summed E-state index contributed by atoms with van der Waals surface area (Å²) in [6.45, 7) is 1.81. The molecular formula is C17H22N6O3. The molecule has 0 N–H and O–H groups in total. The van der Waals surface area contributed by atoms with Crippen LogP contribution in [-0.4, -0.2) is 63.0 Å². The van der Waals surface area contributed by atoms with Crippen molar-refractivity contribution in [3.05, 3.63) is 24.2 Å². The molecule has 9 heteroatoms. The molecule has 9 nitrogen and oxygen atoms in total. The van der Waals surface area contributed by atoms with Crippen molar-refractivity contribution in [3.8, 4) is 5.88 Å². The molecule has 2 aliphatic heterocycles. The van der Waals surface area contributed by atoms with Crippen LogP contribution in [0.1, 0.15) is 23.2 Å². The van der Waals surface area contributed by atoms with Gasteiger partial charge in [-0.25, -0.2) is 0 Å². The van der Waals surface area contributed by atoms with Crippen LogP contribution in [0.3, 0.4) is 0 Å². The first-order valence-corrected chi connectivity index (χ1v) is 8.57. The molecule has 2 aromatic heterocycles. The lowest BCUT2D eigenvalue weighted by molar-refractivity contribution is -0.117. The molecule has 1 spiro atoms. The molecule has 2 fully saturated rings. The number of ether oxygens (including phenoxy) is 1. The van der Waals surface area contributed by atoms with Crippen LogP contribution in [0.5, 0.6) is 5.88 Å². The van der Waals surface area contributed by atoms with E-state index in [4.69, 9.17) is 4.74 Å². The van der Waals surface area contributed by atoms with E-state index in [1.165, 1.54) is 7.11 Å². The van der Waals surface area contributed by atoms with Gasteiger partial charge in [-0.2, -0.15) is 5.10 Å². The summed E-state index contributed by atoms with van der Waals surface area (Å²) < 4.78 is 8.46. The summed E-state index contributed by atoms with van der Waals surface area (Å²) in [6.07, 6.45) is 6.48. The fourth-order valence-corrected chi connectivity index (χ4v) is 4.00. The first-order valence-electron chi connectivity index (χ1n) is 8.57. The molecule has 2 saturated heterocycles. The van der Waals surface area contributed by atoms with Crippen molar-refractivity contribution < 1.29 is 14.3 Å². The third-order valence-electron chi connectivity index (χ3n) is 5.27. The highest BCUT2D eigenvalue weighted by Crippen LogP contribution is 2.42. The molecule has 0 aliphatic carbocycles. The maximum Gasteiger partial charge on any atom is 0.260 e. The summed E-state index contributed by atoms with van der Waals surface area (Å²) in [4.78, 5) is 29.0. The monoisotopic (exact) mass is 358 g/mol. The number of anilines is 1. The maximum absolute atomic E-state index is 12.9. The van der Waals surface area contributed by atoms with E-state index >= 15 is 0 Å². The third-order valence-corrected chi connectivity index (χ3v) is 5.27. The Morgan fingerprint density at radius 3 is 2.73 bits per heavy atom. The van der Waals surface area contributed by atoms with E-state index in [-0.39, 0.29) is 17.2 Å². The number of carbonyl (C=O) groups is 2. The summed E-state index contributed by atoms with van der Waals surface area (Å²) in [5, 5.41) is 8.30. The highest BCUT2D eigenvalue weighted by atomic mass is 16.5. The van der Waals surface area contributed by atoms with Crippen LogP contribution in [0.4, 0.5) is 5.69 Å². The summed E-state index contributed by atoms with van der Waals surface area (Å²) in [7, 11) is 5.09. The standard InChI is InChI=1S/C17H22N6O3/c1-20-8-12(7-18-20)23-11-17(6-14(23)24)4-5-22(10-17)16(25)13-9-21(2)19-15(13)26-3/h7-9H,4-6,10-11H2,1-3H3. The van der Waals surface area contributed by atoms with Crippen molar-refractivity contribution in [1.29, 1.82) is 0 Å². The predicted molar refractivity (Wildman–Crippen MR) is 92.9 cm³/mol. The van der Waals surface area contributed by atoms with Crippen LogP contribution in [0, 0.1) is 5.41 Å². The van der Waals surface area contributed by atoms with Crippen LogP contribution < -0.4 is 9.64 Å². The molecule has 0 radical (unpaired) electrons. The lowest BCUT2D eigenvalue weighted by atomic mass is 9.86. The molecule has 4 heterocycles. The first kappa shape index (κ1) is 16.6. The summed E-state index contributed by atoms with van der Waals surface area (Å²) in [5.74, 6) is 0.322. The quantitative estimate of drug-likeness (QED) is 0.794. The smallest absolute Gasteiger partial charge is 0.260 e. The zero-order valence-electron chi connectivity index (χ0n) is 15.2. The van der Waals surface area contributed by atoms with Crippen molar-refractivity contribution in [1.82, 2.24) is 24.5 Å². The molecule has 4 rings (SSSR count). The number of aromatic nitrogens is 4. The van der Waals surface area contributed by atoms with Crippen LogP contribution >= 0.6 is 0 Å². The molecule has 2 amide bonds. The van der Waals surface area contributed by atoms with Gasteiger partial charge in [-0.1, -0.05) is 0 Å². The van der Waals surface area contributed by atoms with Gasteiger partial charge >= 0.3 is 0 Å². The van der Waals surface area contributed by atoms with Gasteiger partial charge < -0.3 is 14.5 Å². The van der Waals surface area contributed by atoms with Gasteiger partial charge in [-0.3, -0.25) is 19.0 Å². The molecule has 138 valence electrons. The highest BCUT2D eigenvalue weighted by Gasteiger charge is 2.49. The number of hydrogen-bond donors (Lipinski definition) is 0. The maximum atomic E-state index is 12.9. The molecular weight excluding hydrogens is 336 g/mol. The van der Waals surface area contributed by atoms with Crippen LogP contribution in [0.15, 0.2) is 18.6 Å². The Balaban J connectivity index is 1.51. The number of aryl methyl sites for hydroxylation is 2. The molecule has 0 bridgehead atoms. The zero-order valence-corrected chi connectivity index (χ0v) is 15.2. The van der Waals surface area contributed by atoms with E-state index in [1.807, 2.05) is 13.2 Å². The molecule has 1 unspecified atom stereocenters. The Morgan fingerprint density at radius 2 is 2.04 bits per heavy atom. The van der Waals surface area contributed by atoms with Crippen molar-refractivity contribution >= 4 is 17.5 Å². The largest absolute Gasteiger partial charge is 0.479 e. The highest BCUT2D eigenvalue weighted by molar-refractivity contribution is 5.98. The molecule has 0 aromatic carbocycles. The Morgan fingerprint density at radius 1 is 1.23 bits per heavy atom. The van der Waals surface area contributed by atoms with Gasteiger partial charge in [0.1, 0.15) is 5.56 Å². The summed E-state index contributed by atoms with van der Waals surface area (Å²) in [6, 6.07) is 0. The molecule has 0 saturated carbocycles. The Bertz CT molecular complexity index is 872. The number of nitrogens with zero attached hydrogens (tertiary/aromatic N) is 6. The van der Waals surface area contributed by atoms with Gasteiger partial charge in [-0.15, -0.1) is 5.10 Å². The normalized spacial score (nSPS) is 22.7. The molecule has 2 aromatic rings. The van der Waals surface area contributed by atoms with E-state index < -0.39 is 0 Å². The van der Waals surface area contributed by atoms with Gasteiger partial charge in [0.25, 0.3) is 5.91 Å². The third kappa shape index (κ3) is 2.63. The van der Waals surface area contributed by atoms with Crippen LogP contribution in [0.25, 0.3) is 0 Å². The fourth-order valence-electron chi connectivity index (χ4n) is 4.00. The Hall–Kier alpha value is -2.84. The number of hydrogen-bond acceptors (Lipinski definition) is 5. The lowest BCUT2D eigenvalue weighted by Gasteiger charge is -2.23. The van der Waals surface area contributed by atoms with Gasteiger partial charge in [0, 0.05) is 58.0 Å². The van der Waals surface area contributed by atoms with Gasteiger partial charge in [0.2, 0.25) is 11.8 Å². The van der Waals surface area contributed by atoms with Crippen LogP contribution in [-0.2, 0) is 18.9 Å². The molecule has 1 atom stereocenters. The zero-order chi connectivity index (χ0) is 18.5. The van der Waals surface area contributed by atoms with E-state index in [0.29, 0.717) is 37.5 Å². The summed E-state index contributed by atoms with van der Waals surface area (Å²) in [5.41, 5.74) is 1.08. The van der Waals surface area contributed by atoms with Crippen molar-refractivity contribution in [3.63, 3.8) is 0 Å². The fraction of sp³-hybridized carbons (Fsp3) is 0.529. The van der Waals surface area contributed by atoms with Crippen LogP contribution in [0.2, 0.25) is 0 Å². The second-order valence-electron chi connectivity index (χ2n) is 7.23. The van der Waals surface area contributed by atoms with Crippen molar-refractivity contribution in [2.75, 3.05) is 31.6 Å². The number of amides is 2. The first-order chi connectivity index (χ1) is 12.4. The SMILES string of the molecule is COc1nn(C)cc1C(=O)N1CCC2(CC(=O)N(c3cnn(C)c3)C2)C1. The average Bonchev–Trinajstić information content (AvgIpc) is 3.35. The second-order valence-corrected chi connectivity index (χ2v) is 7.23. The van der Waals surface area contributed by atoms with Gasteiger partial charge in [0.15, 0.2) is 0 Å². The topological polar surface area (TPSA) is 85.5 Å². The van der Waals surface area contributed by atoms with E-state index in [1.54, 1.807) is 38.6 Å². The molecule has 26 heavy (non-hydrogen) atoms. The Labute approximate surface area is 151 Å². The molecule has 2 aliphatic rings. The predicted octanol–water partition coefficient (Wildman–Crippen LogP) is 0.431. The number of likely N-dealkylation sites (tertiary alicyclic amines) is 1. The minimum Gasteiger partial charge on any atom is -0.479 e. The van der Waals surface area contributed by atoms with Crippen molar-refractivity contribution in [2.45, 2.75) is 12.8 Å². The second kappa shape index (κ2) is 5.86. The van der Waals surface area contributed by atoms with Gasteiger partial charge in [0.05, 0.1) is 19.0 Å². The van der Waals surface area contributed by atoms with E-state index in [2.05, 4.69) is 10.2 Å². The minimum atomic E-state index is -0.196. The lowest BCUT2D eigenvalue weighted by Crippen LogP contribution is -2.34. The number of carbonyl (C=O) groups excluding carboxylic acids is 2. The van der Waals surface area contributed by atoms with Gasteiger partial charge in [-0.05, 0) is 6.42 Å². The average molecular weight is 358 g/mol. The van der Waals surface area contributed by atoms with E-state index in [9.17, 15) is 9.59 Å². The van der Waals surface area contributed by atoms with Crippen molar-refractivity contribution in [2.24, 2.45) is 19.5 Å². The Kier molecular flexibility index (Phi) is 3.74. The number of rotatable bonds is 3. The van der Waals surface area contributed by atoms with E-state index in [0.717, 1.165) is 12.1 Å². The number of methoxy groups -OCH3 is 1.